The minimum atomic E-state index is -3.08. The maximum Gasteiger partial charge on any atom is 0.307 e. The second-order valence-electron chi connectivity index (χ2n) is 6.74. The summed E-state index contributed by atoms with van der Waals surface area (Å²) >= 11 is 0. The first kappa shape index (κ1) is 20.9. The summed E-state index contributed by atoms with van der Waals surface area (Å²) in [6.07, 6.45) is 1.21. The van der Waals surface area contributed by atoms with E-state index in [1.165, 1.54) is 0 Å². The van der Waals surface area contributed by atoms with Gasteiger partial charge in [-0.1, -0.05) is 20.3 Å². The third-order valence-corrected chi connectivity index (χ3v) is 6.06. The van der Waals surface area contributed by atoms with Gasteiger partial charge < -0.3 is 14.7 Å². The summed E-state index contributed by atoms with van der Waals surface area (Å²) in [5, 5.41) is 9.28. The zero-order chi connectivity index (χ0) is 18.2. The van der Waals surface area contributed by atoms with Gasteiger partial charge in [0, 0.05) is 19.5 Å². The summed E-state index contributed by atoms with van der Waals surface area (Å²) in [6, 6.07) is 0. The Hall–Kier alpha value is -1.15. The number of sulfone groups is 1. The van der Waals surface area contributed by atoms with E-state index in [2.05, 4.69) is 0 Å². The summed E-state index contributed by atoms with van der Waals surface area (Å²) < 4.78 is 28.8. The largest absolute Gasteiger partial charge is 0.481 e. The number of amides is 1. The fourth-order valence-corrected chi connectivity index (χ4v) is 4.60. The molecule has 1 aliphatic heterocycles. The number of carbonyl (C=O) groups is 2. The molecule has 0 aliphatic carbocycles. The van der Waals surface area contributed by atoms with Gasteiger partial charge in [0.15, 0.2) is 9.84 Å². The van der Waals surface area contributed by atoms with Crippen molar-refractivity contribution < 1.29 is 27.9 Å². The van der Waals surface area contributed by atoms with E-state index in [0.717, 1.165) is 0 Å². The van der Waals surface area contributed by atoms with Crippen molar-refractivity contribution in [1.29, 1.82) is 0 Å². The average molecular weight is 363 g/mol. The van der Waals surface area contributed by atoms with Crippen molar-refractivity contribution in [3.05, 3.63) is 0 Å². The molecule has 0 aromatic carbocycles. The molecule has 1 N–H and O–H groups in total. The minimum absolute atomic E-state index is 0.0337. The Morgan fingerprint density at radius 1 is 1.17 bits per heavy atom. The lowest BCUT2D eigenvalue weighted by atomic mass is 9.98. The third kappa shape index (κ3) is 8.10. The lowest BCUT2D eigenvalue weighted by molar-refractivity contribution is -0.147. The molecular weight excluding hydrogens is 334 g/mol. The number of aliphatic carboxylic acids is 1. The van der Waals surface area contributed by atoms with Gasteiger partial charge in [-0.15, -0.1) is 0 Å². The van der Waals surface area contributed by atoms with E-state index in [9.17, 15) is 23.1 Å². The average Bonchev–Trinajstić information content (AvgIpc) is 2.49. The highest BCUT2D eigenvalue weighted by Gasteiger charge is 2.25. The van der Waals surface area contributed by atoms with Crippen LogP contribution in [0.15, 0.2) is 0 Å². The van der Waals surface area contributed by atoms with E-state index in [0.29, 0.717) is 45.6 Å². The van der Waals surface area contributed by atoms with Gasteiger partial charge in [-0.25, -0.2) is 8.42 Å². The molecular formula is C16H29NO6S. The predicted octanol–water partition coefficient (Wildman–Crippen LogP) is 1.18. The molecule has 0 aromatic heterocycles. The van der Waals surface area contributed by atoms with Crippen molar-refractivity contribution in [3.63, 3.8) is 0 Å². The van der Waals surface area contributed by atoms with E-state index in [-0.39, 0.29) is 29.8 Å². The van der Waals surface area contributed by atoms with Gasteiger partial charge in [0.1, 0.15) is 0 Å². The fraction of sp³-hybridized carbons (Fsp3) is 0.875. The number of carboxylic acids is 1. The summed E-state index contributed by atoms with van der Waals surface area (Å²) in [5.74, 6) is -1.60. The number of rotatable bonds is 10. The molecule has 24 heavy (non-hydrogen) atoms. The maximum atomic E-state index is 12.1. The van der Waals surface area contributed by atoms with Gasteiger partial charge in [0.05, 0.1) is 30.6 Å². The van der Waals surface area contributed by atoms with Gasteiger partial charge in [-0.05, 0) is 18.8 Å². The number of hydrogen-bond acceptors (Lipinski definition) is 5. The van der Waals surface area contributed by atoms with Crippen LogP contribution < -0.4 is 0 Å². The molecule has 1 aliphatic rings. The summed E-state index contributed by atoms with van der Waals surface area (Å²) in [5.41, 5.74) is 0. The van der Waals surface area contributed by atoms with Crippen molar-refractivity contribution in [2.24, 2.45) is 11.8 Å². The molecule has 0 aromatic rings. The Morgan fingerprint density at radius 3 is 2.33 bits per heavy atom. The Kier molecular flexibility index (Phi) is 8.69. The smallest absolute Gasteiger partial charge is 0.307 e. The van der Waals surface area contributed by atoms with Crippen LogP contribution in [-0.2, 0) is 24.2 Å². The van der Waals surface area contributed by atoms with Crippen molar-refractivity contribution in [2.45, 2.75) is 39.5 Å². The van der Waals surface area contributed by atoms with Crippen LogP contribution in [0.3, 0.4) is 0 Å². The van der Waals surface area contributed by atoms with E-state index >= 15 is 0 Å². The van der Waals surface area contributed by atoms with E-state index < -0.39 is 21.7 Å². The zero-order valence-corrected chi connectivity index (χ0v) is 15.4. The fourth-order valence-electron chi connectivity index (χ4n) is 2.77. The Labute approximate surface area is 144 Å². The van der Waals surface area contributed by atoms with Gasteiger partial charge in [0.2, 0.25) is 5.91 Å². The van der Waals surface area contributed by atoms with Gasteiger partial charge in [-0.2, -0.15) is 0 Å². The van der Waals surface area contributed by atoms with E-state index in [1.807, 2.05) is 13.8 Å². The molecule has 1 saturated heterocycles. The molecule has 7 nitrogen and oxygen atoms in total. The highest BCUT2D eigenvalue weighted by atomic mass is 32.2. The van der Waals surface area contributed by atoms with Crippen molar-refractivity contribution >= 4 is 21.7 Å². The Morgan fingerprint density at radius 2 is 1.79 bits per heavy atom. The van der Waals surface area contributed by atoms with Crippen LogP contribution in [0, 0.1) is 11.8 Å². The van der Waals surface area contributed by atoms with E-state index in [1.54, 1.807) is 4.90 Å². The molecule has 140 valence electrons. The number of carbonyl (C=O) groups excluding carboxylic acids is 1. The number of unbranched alkanes of at least 4 members (excludes halogenated alkanes) is 1. The van der Waals surface area contributed by atoms with Crippen LogP contribution in [0.4, 0.5) is 0 Å². The number of carboxylic acid groups (broad SMARTS) is 1. The molecule has 1 fully saturated rings. The molecule has 0 bridgehead atoms. The van der Waals surface area contributed by atoms with Crippen LogP contribution in [0.5, 0.6) is 0 Å². The van der Waals surface area contributed by atoms with Crippen LogP contribution in [-0.4, -0.2) is 68.1 Å². The highest BCUT2D eigenvalue weighted by molar-refractivity contribution is 7.91. The van der Waals surface area contributed by atoms with E-state index in [4.69, 9.17) is 4.74 Å². The second-order valence-corrected chi connectivity index (χ2v) is 8.97. The lowest BCUT2D eigenvalue weighted by Gasteiger charge is -2.27. The standard InChI is InChI=1S/C16H29NO6S/c1-13(2)12-24(21,22)10-4-3-5-14(16(19)20)11-15(18)17-6-8-23-9-7-17/h13-14H,3-12H2,1-2H3,(H,19,20). The van der Waals surface area contributed by atoms with Crippen LogP contribution in [0.1, 0.15) is 39.5 Å². The lowest BCUT2D eigenvalue weighted by Crippen LogP contribution is -2.41. The van der Waals surface area contributed by atoms with Gasteiger partial charge in [0.25, 0.3) is 0 Å². The first-order chi connectivity index (χ1) is 11.2. The highest BCUT2D eigenvalue weighted by Crippen LogP contribution is 2.16. The molecule has 1 rings (SSSR count). The quantitative estimate of drug-likeness (QED) is 0.585. The first-order valence-electron chi connectivity index (χ1n) is 8.50. The van der Waals surface area contributed by atoms with Crippen LogP contribution in [0.25, 0.3) is 0 Å². The first-order valence-corrected chi connectivity index (χ1v) is 10.3. The monoisotopic (exact) mass is 363 g/mol. The number of hydrogen-bond donors (Lipinski definition) is 1. The zero-order valence-electron chi connectivity index (χ0n) is 14.6. The van der Waals surface area contributed by atoms with Crippen molar-refractivity contribution in [1.82, 2.24) is 4.90 Å². The molecule has 8 heteroatoms. The van der Waals surface area contributed by atoms with Gasteiger partial charge in [-0.3, -0.25) is 9.59 Å². The Balaban J connectivity index is 2.38. The Bertz CT molecular complexity index is 511. The molecule has 0 radical (unpaired) electrons. The van der Waals surface area contributed by atoms with Crippen molar-refractivity contribution in [2.75, 3.05) is 37.8 Å². The molecule has 0 spiro atoms. The predicted molar refractivity (Wildman–Crippen MR) is 90.5 cm³/mol. The molecule has 1 heterocycles. The summed E-state index contributed by atoms with van der Waals surface area (Å²) in [6.45, 7) is 5.68. The topological polar surface area (TPSA) is 101 Å². The molecule has 1 unspecified atom stereocenters. The summed E-state index contributed by atoms with van der Waals surface area (Å²) in [4.78, 5) is 25.1. The number of ether oxygens (including phenoxy) is 1. The maximum absolute atomic E-state index is 12.1. The van der Waals surface area contributed by atoms with Crippen LogP contribution in [0.2, 0.25) is 0 Å². The summed E-state index contributed by atoms with van der Waals surface area (Å²) in [7, 11) is -3.08. The second kappa shape index (κ2) is 9.98. The molecule has 1 atom stereocenters. The minimum Gasteiger partial charge on any atom is -0.481 e. The molecule has 0 saturated carbocycles. The third-order valence-electron chi connectivity index (χ3n) is 3.98. The normalized spacial score (nSPS) is 17.0. The number of nitrogens with zero attached hydrogens (tertiary/aromatic N) is 1. The molecule has 1 amide bonds. The van der Waals surface area contributed by atoms with Crippen molar-refractivity contribution in [3.8, 4) is 0 Å². The SMILES string of the molecule is CC(C)CS(=O)(=O)CCCCC(CC(=O)N1CCOCC1)C(=O)O. The number of morpholine rings is 1. The van der Waals surface area contributed by atoms with Crippen LogP contribution >= 0.6 is 0 Å². The van der Waals surface area contributed by atoms with Gasteiger partial charge >= 0.3 is 5.97 Å².